The van der Waals surface area contributed by atoms with E-state index >= 15 is 0 Å². The van der Waals surface area contributed by atoms with E-state index in [2.05, 4.69) is 16.2 Å². The van der Waals surface area contributed by atoms with E-state index in [1.54, 1.807) is 31.4 Å². The van der Waals surface area contributed by atoms with Crippen molar-refractivity contribution in [1.82, 2.24) is 10.9 Å². The number of benzene rings is 2. The summed E-state index contributed by atoms with van der Waals surface area (Å²) in [6.07, 6.45) is -4.51. The van der Waals surface area contributed by atoms with E-state index in [0.717, 1.165) is 17.0 Å². The molecule has 144 valence electrons. The number of anilines is 1. The number of methoxy groups -OCH3 is 1. The average Bonchev–Trinajstić information content (AvgIpc) is 2.64. The minimum Gasteiger partial charge on any atom is -0.497 e. The minimum absolute atomic E-state index is 0.0379. The highest BCUT2D eigenvalue weighted by atomic mass is 32.2. The second-order valence-electron chi connectivity index (χ2n) is 5.17. The van der Waals surface area contributed by atoms with Crippen LogP contribution in [0, 0.1) is 0 Å². The summed E-state index contributed by atoms with van der Waals surface area (Å²) < 4.78 is 42.9. The van der Waals surface area contributed by atoms with Crippen LogP contribution in [0.4, 0.5) is 23.7 Å². The van der Waals surface area contributed by atoms with Crippen LogP contribution in [-0.2, 0) is 11.0 Å². The average molecular weight is 399 g/mol. The Morgan fingerprint density at radius 2 is 1.78 bits per heavy atom. The molecular formula is C17H16F3N3O3S. The summed E-state index contributed by atoms with van der Waals surface area (Å²) >= 11 is 1.24. The molecule has 0 radical (unpaired) electrons. The standard InChI is InChI=1S/C17H16F3N3O3S/c1-26-13-5-7-14(8-6-13)27-10-15(24)22-23-16(25)21-12-4-2-3-11(9-12)17(18,19)20/h2-9H,10H2,1H3,(H,22,24)(H2,21,23,25). The Bertz CT molecular complexity index is 798. The maximum absolute atomic E-state index is 12.6. The molecule has 0 heterocycles. The number of urea groups is 1. The first-order valence-electron chi connectivity index (χ1n) is 7.58. The lowest BCUT2D eigenvalue weighted by Crippen LogP contribution is -2.44. The van der Waals surface area contributed by atoms with Crippen LogP contribution in [0.1, 0.15) is 5.56 Å². The van der Waals surface area contributed by atoms with E-state index in [1.165, 1.54) is 23.9 Å². The van der Waals surface area contributed by atoms with Crippen LogP contribution < -0.4 is 20.9 Å². The first kappa shape index (κ1) is 20.4. The number of halogens is 3. The number of thioether (sulfide) groups is 1. The summed E-state index contributed by atoms with van der Waals surface area (Å²) in [5.41, 5.74) is 3.31. The zero-order valence-corrected chi connectivity index (χ0v) is 14.9. The zero-order chi connectivity index (χ0) is 19.9. The van der Waals surface area contributed by atoms with Gasteiger partial charge in [-0.1, -0.05) is 6.07 Å². The molecule has 0 aliphatic rings. The maximum atomic E-state index is 12.6. The third-order valence-electron chi connectivity index (χ3n) is 3.19. The van der Waals surface area contributed by atoms with Crippen molar-refractivity contribution in [2.75, 3.05) is 18.2 Å². The van der Waals surface area contributed by atoms with Crippen LogP contribution in [0.25, 0.3) is 0 Å². The van der Waals surface area contributed by atoms with Gasteiger partial charge in [0.15, 0.2) is 0 Å². The fourth-order valence-corrected chi connectivity index (χ4v) is 2.62. The highest BCUT2D eigenvalue weighted by Gasteiger charge is 2.30. The minimum atomic E-state index is -4.51. The first-order chi connectivity index (χ1) is 12.8. The first-order valence-corrected chi connectivity index (χ1v) is 8.56. The van der Waals surface area contributed by atoms with E-state index in [-0.39, 0.29) is 11.4 Å². The van der Waals surface area contributed by atoms with Crippen LogP contribution in [0.3, 0.4) is 0 Å². The summed E-state index contributed by atoms with van der Waals surface area (Å²) in [6.45, 7) is 0. The molecule has 2 rings (SSSR count). The van der Waals surface area contributed by atoms with Gasteiger partial charge in [0, 0.05) is 10.6 Å². The summed E-state index contributed by atoms with van der Waals surface area (Å²) in [5.74, 6) is 0.252. The van der Waals surface area contributed by atoms with E-state index < -0.39 is 23.7 Å². The van der Waals surface area contributed by atoms with Gasteiger partial charge in [-0.25, -0.2) is 10.2 Å². The van der Waals surface area contributed by atoms with E-state index in [1.807, 2.05) is 0 Å². The number of hydrazine groups is 1. The lowest BCUT2D eigenvalue weighted by atomic mass is 10.2. The Hall–Kier alpha value is -2.88. The molecule has 3 amide bonds. The summed E-state index contributed by atoms with van der Waals surface area (Å²) in [4.78, 5) is 24.3. The quantitative estimate of drug-likeness (QED) is 0.530. The van der Waals surface area contributed by atoms with Crippen molar-refractivity contribution < 1.29 is 27.5 Å². The number of hydrogen-bond donors (Lipinski definition) is 3. The molecule has 0 aliphatic carbocycles. The molecule has 3 N–H and O–H groups in total. The number of carbonyl (C=O) groups excluding carboxylic acids is 2. The van der Waals surface area contributed by atoms with Crippen molar-refractivity contribution in [1.29, 1.82) is 0 Å². The van der Waals surface area contributed by atoms with Crippen molar-refractivity contribution in [3.8, 4) is 5.75 Å². The Morgan fingerprint density at radius 3 is 2.41 bits per heavy atom. The number of amides is 3. The normalized spacial score (nSPS) is 10.8. The lowest BCUT2D eigenvalue weighted by molar-refractivity contribution is -0.137. The molecule has 0 aromatic heterocycles. The maximum Gasteiger partial charge on any atom is 0.416 e. The smallest absolute Gasteiger partial charge is 0.416 e. The molecule has 0 aliphatic heterocycles. The predicted molar refractivity (Wildman–Crippen MR) is 95.5 cm³/mol. The number of rotatable bonds is 5. The molecule has 0 bridgehead atoms. The van der Waals surface area contributed by atoms with Gasteiger partial charge in [0.1, 0.15) is 5.75 Å². The molecule has 0 spiro atoms. The van der Waals surface area contributed by atoms with Crippen LogP contribution >= 0.6 is 11.8 Å². The van der Waals surface area contributed by atoms with E-state index in [0.29, 0.717) is 5.75 Å². The lowest BCUT2D eigenvalue weighted by Gasteiger charge is -2.11. The molecule has 0 atom stereocenters. The van der Waals surface area contributed by atoms with Crippen LogP contribution in [0.15, 0.2) is 53.4 Å². The fourth-order valence-electron chi connectivity index (χ4n) is 1.92. The third-order valence-corrected chi connectivity index (χ3v) is 4.20. The van der Waals surface area contributed by atoms with Crippen molar-refractivity contribution in [2.24, 2.45) is 0 Å². The van der Waals surface area contributed by atoms with Gasteiger partial charge in [-0.2, -0.15) is 13.2 Å². The van der Waals surface area contributed by atoms with Gasteiger partial charge in [0.05, 0.1) is 18.4 Å². The van der Waals surface area contributed by atoms with E-state index in [4.69, 9.17) is 4.74 Å². The van der Waals surface area contributed by atoms with Crippen LogP contribution in [0.5, 0.6) is 5.75 Å². The number of ether oxygens (including phenoxy) is 1. The van der Waals surface area contributed by atoms with Crippen LogP contribution in [0.2, 0.25) is 0 Å². The van der Waals surface area contributed by atoms with Gasteiger partial charge in [-0.15, -0.1) is 11.8 Å². The van der Waals surface area contributed by atoms with Crippen LogP contribution in [-0.4, -0.2) is 24.8 Å². The predicted octanol–water partition coefficient (Wildman–Crippen LogP) is 3.66. The Balaban J connectivity index is 1.77. The molecule has 0 saturated carbocycles. The number of carbonyl (C=O) groups is 2. The molecule has 2 aromatic rings. The second-order valence-corrected chi connectivity index (χ2v) is 6.22. The van der Waals surface area contributed by atoms with Crippen molar-refractivity contribution in [3.63, 3.8) is 0 Å². The fraction of sp³-hybridized carbons (Fsp3) is 0.176. The highest BCUT2D eigenvalue weighted by Crippen LogP contribution is 2.30. The van der Waals surface area contributed by atoms with Gasteiger partial charge < -0.3 is 10.1 Å². The molecule has 2 aromatic carbocycles. The summed E-state index contributed by atoms with van der Waals surface area (Å²) in [5, 5.41) is 2.21. The topological polar surface area (TPSA) is 79.5 Å². The SMILES string of the molecule is COc1ccc(SCC(=O)NNC(=O)Nc2cccc(C(F)(F)F)c2)cc1. The van der Waals surface area contributed by atoms with Gasteiger partial charge in [-0.3, -0.25) is 10.2 Å². The number of nitrogens with one attached hydrogen (secondary N) is 3. The molecular weight excluding hydrogens is 383 g/mol. The van der Waals surface area contributed by atoms with Crippen molar-refractivity contribution in [2.45, 2.75) is 11.1 Å². The number of hydrogen-bond acceptors (Lipinski definition) is 4. The largest absolute Gasteiger partial charge is 0.497 e. The van der Waals surface area contributed by atoms with E-state index in [9.17, 15) is 22.8 Å². The Morgan fingerprint density at radius 1 is 1.07 bits per heavy atom. The molecule has 0 fully saturated rings. The molecule has 0 unspecified atom stereocenters. The molecule has 6 nitrogen and oxygen atoms in total. The third kappa shape index (κ3) is 6.74. The van der Waals surface area contributed by atoms with Gasteiger partial charge in [-0.05, 0) is 42.5 Å². The second kappa shape index (κ2) is 9.17. The van der Waals surface area contributed by atoms with Gasteiger partial charge in [0.25, 0.3) is 0 Å². The van der Waals surface area contributed by atoms with Crippen molar-refractivity contribution >= 4 is 29.4 Å². The molecule has 27 heavy (non-hydrogen) atoms. The summed E-state index contributed by atoms with van der Waals surface area (Å²) in [7, 11) is 1.55. The molecule has 10 heteroatoms. The number of alkyl halides is 3. The monoisotopic (exact) mass is 399 g/mol. The highest BCUT2D eigenvalue weighted by molar-refractivity contribution is 8.00. The zero-order valence-electron chi connectivity index (χ0n) is 14.1. The summed E-state index contributed by atoms with van der Waals surface area (Å²) in [6, 6.07) is 10.4. The van der Waals surface area contributed by atoms with Gasteiger partial charge in [0.2, 0.25) is 5.91 Å². The molecule has 0 saturated heterocycles. The Labute approximate surface area is 157 Å². The van der Waals surface area contributed by atoms with Crippen molar-refractivity contribution in [3.05, 3.63) is 54.1 Å². The Kier molecular flexibility index (Phi) is 6.94. The van der Waals surface area contributed by atoms with Gasteiger partial charge >= 0.3 is 12.2 Å².